The molecule has 1 aliphatic rings. The molecule has 0 radical (unpaired) electrons. The zero-order valence-electron chi connectivity index (χ0n) is 11.4. The molecule has 1 rings (SSSR count). The summed E-state index contributed by atoms with van der Waals surface area (Å²) in [6, 6.07) is 0. The lowest BCUT2D eigenvalue weighted by Crippen LogP contribution is -2.36. The first-order valence-corrected chi connectivity index (χ1v) is 6.64. The van der Waals surface area contributed by atoms with Gasteiger partial charge in [-0.3, -0.25) is 4.79 Å². The Morgan fingerprint density at radius 1 is 1.18 bits per heavy atom. The second-order valence-electron chi connectivity index (χ2n) is 6.60. The molecular weight excluding hydrogens is 216 g/mol. The predicted molar refractivity (Wildman–Crippen MR) is 67.7 cm³/mol. The molecule has 0 aliphatic heterocycles. The lowest BCUT2D eigenvalue weighted by molar-refractivity contribution is -0.146. The van der Waals surface area contributed by atoms with E-state index in [9.17, 15) is 9.90 Å². The number of carbonyl (C=O) groups is 1. The minimum Gasteiger partial charge on any atom is -0.481 e. The largest absolute Gasteiger partial charge is 0.481 e. The van der Waals surface area contributed by atoms with E-state index in [1.165, 1.54) is 0 Å². The Hall–Kier alpha value is -0.570. The molecule has 0 amide bonds. The molecule has 2 atom stereocenters. The zero-order chi connectivity index (χ0) is 13.2. The molecule has 2 unspecified atom stereocenters. The number of aliphatic carboxylic acids is 1. The van der Waals surface area contributed by atoms with Crippen molar-refractivity contribution in [3.63, 3.8) is 0 Å². The van der Waals surface area contributed by atoms with E-state index in [2.05, 4.69) is 20.8 Å². The highest BCUT2D eigenvalue weighted by Gasteiger charge is 2.35. The van der Waals surface area contributed by atoms with E-state index in [0.717, 1.165) is 25.7 Å². The maximum atomic E-state index is 10.8. The van der Waals surface area contributed by atoms with Gasteiger partial charge in [-0.25, -0.2) is 0 Å². The summed E-state index contributed by atoms with van der Waals surface area (Å²) in [6.45, 7) is 8.37. The van der Waals surface area contributed by atoms with E-state index in [1.807, 2.05) is 0 Å². The van der Waals surface area contributed by atoms with Crippen LogP contribution in [-0.2, 0) is 4.79 Å². The normalized spacial score (nSPS) is 29.7. The van der Waals surface area contributed by atoms with Crippen LogP contribution < -0.4 is 0 Å². The van der Waals surface area contributed by atoms with Gasteiger partial charge in [-0.2, -0.15) is 0 Å². The fourth-order valence-electron chi connectivity index (χ4n) is 2.88. The van der Waals surface area contributed by atoms with Crippen molar-refractivity contribution >= 4 is 5.97 Å². The van der Waals surface area contributed by atoms with Crippen LogP contribution in [-0.4, -0.2) is 22.3 Å². The fourth-order valence-corrected chi connectivity index (χ4v) is 2.88. The van der Waals surface area contributed by atoms with Gasteiger partial charge in [-0.1, -0.05) is 20.8 Å². The van der Waals surface area contributed by atoms with Gasteiger partial charge < -0.3 is 10.2 Å². The summed E-state index contributed by atoms with van der Waals surface area (Å²) >= 11 is 0. The van der Waals surface area contributed by atoms with Crippen LogP contribution >= 0.6 is 0 Å². The van der Waals surface area contributed by atoms with Crippen LogP contribution in [0.5, 0.6) is 0 Å². The highest BCUT2D eigenvalue weighted by molar-refractivity contribution is 5.70. The Labute approximate surface area is 104 Å². The van der Waals surface area contributed by atoms with Gasteiger partial charge in [0.15, 0.2) is 0 Å². The Kier molecular flexibility index (Phi) is 4.59. The van der Waals surface area contributed by atoms with Crippen LogP contribution in [0.25, 0.3) is 0 Å². The van der Waals surface area contributed by atoms with Gasteiger partial charge >= 0.3 is 5.97 Å². The molecule has 0 aromatic heterocycles. The van der Waals surface area contributed by atoms with E-state index in [4.69, 9.17) is 5.11 Å². The number of aliphatic hydroxyl groups is 1. The summed E-state index contributed by atoms with van der Waals surface area (Å²) in [4.78, 5) is 10.8. The monoisotopic (exact) mass is 242 g/mol. The highest BCUT2D eigenvalue weighted by Crippen LogP contribution is 2.41. The molecule has 0 aromatic rings. The van der Waals surface area contributed by atoms with Gasteiger partial charge in [0.05, 0.1) is 12.0 Å². The number of hydrogen-bond acceptors (Lipinski definition) is 2. The summed E-state index contributed by atoms with van der Waals surface area (Å²) in [5.74, 6) is -0.674. The number of aliphatic hydroxyl groups excluding tert-OH is 1. The Morgan fingerprint density at radius 3 is 2.00 bits per heavy atom. The van der Waals surface area contributed by atoms with Crippen LogP contribution in [0.15, 0.2) is 0 Å². The lowest BCUT2D eigenvalue weighted by Gasteiger charge is -2.39. The van der Waals surface area contributed by atoms with Crippen LogP contribution in [0.3, 0.4) is 0 Å². The number of carboxylic acid groups (broad SMARTS) is 1. The SMILES string of the molecule is CC(C(=O)O)C(O)C1CCC(C(C)(C)C)CC1. The zero-order valence-corrected chi connectivity index (χ0v) is 11.4. The lowest BCUT2D eigenvalue weighted by atomic mass is 9.68. The summed E-state index contributed by atoms with van der Waals surface area (Å²) < 4.78 is 0. The molecule has 3 heteroatoms. The van der Waals surface area contributed by atoms with Crippen LogP contribution in [0.1, 0.15) is 53.4 Å². The summed E-state index contributed by atoms with van der Waals surface area (Å²) in [7, 11) is 0. The molecule has 1 aliphatic carbocycles. The summed E-state index contributed by atoms with van der Waals surface area (Å²) in [5, 5.41) is 18.9. The van der Waals surface area contributed by atoms with Gasteiger partial charge in [0.25, 0.3) is 0 Å². The molecule has 0 spiro atoms. The van der Waals surface area contributed by atoms with E-state index >= 15 is 0 Å². The van der Waals surface area contributed by atoms with Gasteiger partial charge in [-0.05, 0) is 49.9 Å². The number of rotatable bonds is 3. The molecule has 17 heavy (non-hydrogen) atoms. The first-order valence-electron chi connectivity index (χ1n) is 6.64. The molecule has 100 valence electrons. The first kappa shape index (κ1) is 14.5. The maximum absolute atomic E-state index is 10.8. The average Bonchev–Trinajstić information content (AvgIpc) is 2.26. The second-order valence-corrected chi connectivity index (χ2v) is 6.60. The van der Waals surface area contributed by atoms with Gasteiger partial charge in [-0.15, -0.1) is 0 Å². The summed E-state index contributed by atoms with van der Waals surface area (Å²) in [6.07, 6.45) is 3.45. The fraction of sp³-hybridized carbons (Fsp3) is 0.929. The van der Waals surface area contributed by atoms with Crippen molar-refractivity contribution in [2.75, 3.05) is 0 Å². The van der Waals surface area contributed by atoms with Crippen LogP contribution in [0, 0.1) is 23.2 Å². The van der Waals surface area contributed by atoms with Crippen molar-refractivity contribution < 1.29 is 15.0 Å². The van der Waals surface area contributed by atoms with Gasteiger partial charge in [0.2, 0.25) is 0 Å². The molecule has 0 saturated heterocycles. The van der Waals surface area contributed by atoms with Crippen molar-refractivity contribution in [1.29, 1.82) is 0 Å². The van der Waals surface area contributed by atoms with E-state index in [1.54, 1.807) is 6.92 Å². The van der Waals surface area contributed by atoms with Crippen molar-refractivity contribution in [1.82, 2.24) is 0 Å². The standard InChI is InChI=1S/C14H26O3/c1-9(13(16)17)12(15)10-5-7-11(8-6-10)14(2,3)4/h9-12,15H,5-8H2,1-4H3,(H,16,17). The quantitative estimate of drug-likeness (QED) is 0.800. The predicted octanol–water partition coefficient (Wildman–Crippen LogP) is 2.92. The van der Waals surface area contributed by atoms with E-state index < -0.39 is 18.0 Å². The topological polar surface area (TPSA) is 57.5 Å². The van der Waals surface area contributed by atoms with Gasteiger partial charge in [0, 0.05) is 0 Å². The molecule has 0 bridgehead atoms. The average molecular weight is 242 g/mol. The van der Waals surface area contributed by atoms with E-state index in [0.29, 0.717) is 11.3 Å². The van der Waals surface area contributed by atoms with Crippen molar-refractivity contribution in [2.24, 2.45) is 23.2 Å². The van der Waals surface area contributed by atoms with Crippen LogP contribution in [0.2, 0.25) is 0 Å². The van der Waals surface area contributed by atoms with E-state index in [-0.39, 0.29) is 5.92 Å². The van der Waals surface area contributed by atoms with Crippen molar-refractivity contribution in [2.45, 2.75) is 59.5 Å². The Bertz CT molecular complexity index is 259. The van der Waals surface area contributed by atoms with Crippen LogP contribution in [0.4, 0.5) is 0 Å². The molecular formula is C14H26O3. The van der Waals surface area contributed by atoms with Crippen molar-refractivity contribution in [3.05, 3.63) is 0 Å². The minimum atomic E-state index is -0.893. The second kappa shape index (κ2) is 5.38. The van der Waals surface area contributed by atoms with Gasteiger partial charge in [0.1, 0.15) is 0 Å². The third kappa shape index (κ3) is 3.70. The summed E-state index contributed by atoms with van der Waals surface area (Å²) in [5.41, 5.74) is 0.328. The van der Waals surface area contributed by atoms with Crippen molar-refractivity contribution in [3.8, 4) is 0 Å². The smallest absolute Gasteiger partial charge is 0.308 e. The molecule has 1 fully saturated rings. The minimum absolute atomic E-state index is 0.166. The third-order valence-electron chi connectivity index (χ3n) is 4.38. The number of hydrogen-bond donors (Lipinski definition) is 2. The first-order chi connectivity index (χ1) is 7.73. The Morgan fingerprint density at radius 2 is 1.65 bits per heavy atom. The highest BCUT2D eigenvalue weighted by atomic mass is 16.4. The molecule has 2 N–H and O–H groups in total. The maximum Gasteiger partial charge on any atom is 0.308 e. The number of carboxylic acids is 1. The molecule has 3 nitrogen and oxygen atoms in total. The molecule has 1 saturated carbocycles. The molecule has 0 aromatic carbocycles. The Balaban J connectivity index is 2.49. The molecule has 0 heterocycles. The third-order valence-corrected chi connectivity index (χ3v) is 4.38.